The van der Waals surface area contributed by atoms with Crippen LogP contribution in [0.2, 0.25) is 0 Å². The number of nitrogens with one attached hydrogen (secondary N) is 1. The highest BCUT2D eigenvalue weighted by Gasteiger charge is 2.24. The molecule has 106 valence electrons. The molecule has 1 heterocycles. The summed E-state index contributed by atoms with van der Waals surface area (Å²) in [6, 6.07) is 7.68. The molecule has 1 saturated heterocycles. The van der Waals surface area contributed by atoms with Gasteiger partial charge in [-0.3, -0.25) is 0 Å². The highest BCUT2D eigenvalue weighted by Crippen LogP contribution is 2.14. The molecule has 1 aliphatic heterocycles. The molecule has 0 amide bonds. The highest BCUT2D eigenvalue weighted by atomic mass is 32.2. The Morgan fingerprint density at radius 2 is 1.95 bits per heavy atom. The molecule has 0 saturated carbocycles. The molecule has 1 N–H and O–H groups in total. The van der Waals surface area contributed by atoms with Crippen LogP contribution < -0.4 is 5.32 Å². The van der Waals surface area contributed by atoms with E-state index < -0.39 is 10.0 Å². The van der Waals surface area contributed by atoms with E-state index >= 15 is 0 Å². The van der Waals surface area contributed by atoms with Crippen LogP contribution in [0.3, 0.4) is 0 Å². The standard InChI is InChI=1S/C13H20N2O3S/c1-14-10-12-3-2-4-13(9-12)11-19(16,17)15-5-7-18-8-6-15/h2-4,9,14H,5-8,10-11H2,1H3. The Morgan fingerprint density at radius 3 is 2.63 bits per heavy atom. The monoisotopic (exact) mass is 284 g/mol. The Hall–Kier alpha value is -0.950. The third-order valence-electron chi connectivity index (χ3n) is 3.08. The Morgan fingerprint density at radius 1 is 1.26 bits per heavy atom. The molecular weight excluding hydrogens is 264 g/mol. The molecule has 5 nitrogen and oxygen atoms in total. The molecule has 1 aromatic rings. The fourth-order valence-corrected chi connectivity index (χ4v) is 3.65. The van der Waals surface area contributed by atoms with E-state index in [0.29, 0.717) is 26.3 Å². The molecule has 1 aliphatic rings. The maximum absolute atomic E-state index is 12.3. The first-order chi connectivity index (χ1) is 9.12. The zero-order valence-electron chi connectivity index (χ0n) is 11.1. The van der Waals surface area contributed by atoms with Gasteiger partial charge in [-0.15, -0.1) is 0 Å². The van der Waals surface area contributed by atoms with Gasteiger partial charge in [0.25, 0.3) is 0 Å². The van der Waals surface area contributed by atoms with Gasteiger partial charge in [0.2, 0.25) is 10.0 Å². The van der Waals surface area contributed by atoms with E-state index in [-0.39, 0.29) is 5.75 Å². The largest absolute Gasteiger partial charge is 0.379 e. The predicted octanol–water partition coefficient (Wildman–Crippen LogP) is 0.568. The van der Waals surface area contributed by atoms with Gasteiger partial charge in [0, 0.05) is 19.6 Å². The van der Waals surface area contributed by atoms with Crippen LogP contribution in [-0.2, 0) is 27.1 Å². The smallest absolute Gasteiger partial charge is 0.218 e. The molecule has 0 spiro atoms. The summed E-state index contributed by atoms with van der Waals surface area (Å²) in [5, 5.41) is 3.06. The minimum absolute atomic E-state index is 0.0601. The number of morpholine rings is 1. The molecule has 0 aromatic heterocycles. The first kappa shape index (κ1) is 14.5. The first-order valence-corrected chi connectivity index (χ1v) is 8.01. The van der Waals surface area contributed by atoms with E-state index in [2.05, 4.69) is 5.32 Å². The SMILES string of the molecule is CNCc1cccc(CS(=O)(=O)N2CCOCC2)c1. The van der Waals surface area contributed by atoms with E-state index in [9.17, 15) is 8.42 Å². The third-order valence-corrected chi connectivity index (χ3v) is 4.93. The number of rotatable bonds is 5. The van der Waals surface area contributed by atoms with Crippen LogP contribution in [0.5, 0.6) is 0 Å². The summed E-state index contributed by atoms with van der Waals surface area (Å²) >= 11 is 0. The van der Waals surface area contributed by atoms with Crippen molar-refractivity contribution in [2.45, 2.75) is 12.3 Å². The maximum Gasteiger partial charge on any atom is 0.218 e. The van der Waals surface area contributed by atoms with E-state index in [1.165, 1.54) is 4.31 Å². The Balaban J connectivity index is 2.08. The van der Waals surface area contributed by atoms with Crippen molar-refractivity contribution >= 4 is 10.0 Å². The zero-order chi connectivity index (χ0) is 13.7. The van der Waals surface area contributed by atoms with Crippen LogP contribution >= 0.6 is 0 Å². The molecule has 0 bridgehead atoms. The predicted molar refractivity (Wildman–Crippen MR) is 74.2 cm³/mol. The average molecular weight is 284 g/mol. The molecule has 0 radical (unpaired) electrons. The van der Waals surface area contributed by atoms with Crippen LogP contribution in [0.4, 0.5) is 0 Å². The van der Waals surface area contributed by atoms with Crippen molar-refractivity contribution in [3.8, 4) is 0 Å². The van der Waals surface area contributed by atoms with Gasteiger partial charge in [0.1, 0.15) is 0 Å². The van der Waals surface area contributed by atoms with Gasteiger partial charge < -0.3 is 10.1 Å². The zero-order valence-corrected chi connectivity index (χ0v) is 11.9. The summed E-state index contributed by atoms with van der Waals surface area (Å²) in [4.78, 5) is 0. The van der Waals surface area contributed by atoms with E-state index in [1.54, 1.807) is 0 Å². The van der Waals surface area contributed by atoms with Crippen LogP contribution in [0.25, 0.3) is 0 Å². The van der Waals surface area contributed by atoms with E-state index in [1.807, 2.05) is 31.3 Å². The van der Waals surface area contributed by atoms with Crippen LogP contribution in [0, 0.1) is 0 Å². The lowest BCUT2D eigenvalue weighted by Crippen LogP contribution is -2.41. The summed E-state index contributed by atoms with van der Waals surface area (Å²) in [6.45, 7) is 2.63. The van der Waals surface area contributed by atoms with Crippen molar-refractivity contribution in [2.75, 3.05) is 33.4 Å². The Bertz CT molecular complexity index is 510. The van der Waals surface area contributed by atoms with Crippen molar-refractivity contribution in [3.63, 3.8) is 0 Å². The minimum atomic E-state index is -3.24. The average Bonchev–Trinajstić information content (AvgIpc) is 2.40. The quantitative estimate of drug-likeness (QED) is 0.859. The Kier molecular flexibility index (Phi) is 4.93. The van der Waals surface area contributed by atoms with Crippen molar-refractivity contribution in [2.24, 2.45) is 0 Å². The van der Waals surface area contributed by atoms with E-state index in [0.717, 1.165) is 17.7 Å². The van der Waals surface area contributed by atoms with Gasteiger partial charge >= 0.3 is 0 Å². The summed E-state index contributed by atoms with van der Waals surface area (Å²) in [7, 11) is -1.36. The third kappa shape index (κ3) is 4.01. The second kappa shape index (κ2) is 6.47. The van der Waals surface area contributed by atoms with Crippen molar-refractivity contribution < 1.29 is 13.2 Å². The number of ether oxygens (including phenoxy) is 1. The van der Waals surface area contributed by atoms with Crippen molar-refractivity contribution in [1.29, 1.82) is 0 Å². The normalized spacial score (nSPS) is 17.5. The van der Waals surface area contributed by atoms with Crippen LogP contribution in [-0.4, -0.2) is 46.1 Å². The van der Waals surface area contributed by atoms with Crippen molar-refractivity contribution in [3.05, 3.63) is 35.4 Å². The summed E-state index contributed by atoms with van der Waals surface area (Å²) < 4.78 is 31.3. The lowest BCUT2D eigenvalue weighted by molar-refractivity contribution is 0.0729. The van der Waals surface area contributed by atoms with Gasteiger partial charge in [-0.1, -0.05) is 24.3 Å². The second-order valence-corrected chi connectivity index (χ2v) is 6.59. The highest BCUT2D eigenvalue weighted by molar-refractivity contribution is 7.88. The molecule has 19 heavy (non-hydrogen) atoms. The summed E-state index contributed by atoms with van der Waals surface area (Å²) in [5.41, 5.74) is 1.93. The maximum atomic E-state index is 12.3. The molecule has 0 atom stereocenters. The minimum Gasteiger partial charge on any atom is -0.379 e. The molecule has 2 rings (SSSR count). The van der Waals surface area contributed by atoms with Gasteiger partial charge in [-0.2, -0.15) is 4.31 Å². The van der Waals surface area contributed by atoms with Gasteiger partial charge in [-0.25, -0.2) is 8.42 Å². The molecule has 1 aromatic carbocycles. The van der Waals surface area contributed by atoms with Crippen molar-refractivity contribution in [1.82, 2.24) is 9.62 Å². The lowest BCUT2D eigenvalue weighted by Gasteiger charge is -2.26. The number of hydrogen-bond acceptors (Lipinski definition) is 4. The molecule has 0 aliphatic carbocycles. The topological polar surface area (TPSA) is 58.6 Å². The molecular formula is C13H20N2O3S. The summed E-state index contributed by atoms with van der Waals surface area (Å²) in [6.07, 6.45) is 0. The summed E-state index contributed by atoms with van der Waals surface area (Å²) in [5.74, 6) is 0.0601. The first-order valence-electron chi connectivity index (χ1n) is 6.40. The number of hydrogen-bond donors (Lipinski definition) is 1. The van der Waals surface area contributed by atoms with Gasteiger partial charge in [0.15, 0.2) is 0 Å². The lowest BCUT2D eigenvalue weighted by atomic mass is 10.1. The molecule has 1 fully saturated rings. The number of sulfonamides is 1. The van der Waals surface area contributed by atoms with Gasteiger partial charge in [0.05, 0.1) is 19.0 Å². The fraction of sp³-hybridized carbons (Fsp3) is 0.538. The number of benzene rings is 1. The molecule has 0 unspecified atom stereocenters. The Labute approximate surface area is 114 Å². The second-order valence-electron chi connectivity index (χ2n) is 4.62. The van der Waals surface area contributed by atoms with Crippen LogP contribution in [0.15, 0.2) is 24.3 Å². The number of nitrogens with zero attached hydrogens (tertiary/aromatic N) is 1. The fourth-order valence-electron chi connectivity index (χ4n) is 2.16. The van der Waals surface area contributed by atoms with E-state index in [4.69, 9.17) is 4.74 Å². The van der Waals surface area contributed by atoms with Gasteiger partial charge in [-0.05, 0) is 18.2 Å². The molecule has 6 heteroatoms. The van der Waals surface area contributed by atoms with Crippen LogP contribution in [0.1, 0.15) is 11.1 Å².